The van der Waals surface area contributed by atoms with E-state index in [4.69, 9.17) is 0 Å². The van der Waals surface area contributed by atoms with E-state index in [1.807, 2.05) is 30.3 Å². The molecule has 3 aromatic rings. The fourth-order valence-electron chi connectivity index (χ4n) is 2.60. The maximum Gasteiger partial charge on any atom is 0.115 e. The molecule has 106 valence electrons. The number of para-hydroxylation sites is 1. The number of hydrogen-bond donors (Lipinski definition) is 2. The molecule has 3 heteroatoms. The second kappa shape index (κ2) is 5.19. The Bertz CT molecular complexity index is 758. The molecule has 0 amide bonds. The molecule has 0 aliphatic rings. The fourth-order valence-corrected chi connectivity index (χ4v) is 2.60. The van der Waals surface area contributed by atoms with Gasteiger partial charge in [0.1, 0.15) is 5.75 Å². The maximum atomic E-state index is 10.8. The fraction of sp³-hybridized carbons (Fsp3) is 0.167. The van der Waals surface area contributed by atoms with Crippen LogP contribution in [0, 0.1) is 0 Å². The van der Waals surface area contributed by atoms with E-state index in [0.29, 0.717) is 6.42 Å². The van der Waals surface area contributed by atoms with Crippen molar-refractivity contribution in [1.82, 2.24) is 4.98 Å². The van der Waals surface area contributed by atoms with Crippen molar-refractivity contribution in [2.75, 3.05) is 0 Å². The molecule has 0 spiro atoms. The van der Waals surface area contributed by atoms with Gasteiger partial charge in [0.15, 0.2) is 0 Å². The van der Waals surface area contributed by atoms with Crippen LogP contribution in [0.3, 0.4) is 0 Å². The SMILES string of the molecule is CC(O)(Cc1ccnc2ccccc12)c1ccc(O)cc1. The number of aliphatic hydroxyl groups is 1. The number of benzene rings is 2. The molecule has 1 atom stereocenters. The third-order valence-electron chi connectivity index (χ3n) is 3.76. The Morgan fingerprint density at radius 1 is 1.00 bits per heavy atom. The predicted molar refractivity (Wildman–Crippen MR) is 83.1 cm³/mol. The maximum absolute atomic E-state index is 10.8. The summed E-state index contributed by atoms with van der Waals surface area (Å²) >= 11 is 0. The van der Waals surface area contributed by atoms with E-state index in [9.17, 15) is 10.2 Å². The van der Waals surface area contributed by atoms with Gasteiger partial charge in [0.2, 0.25) is 0 Å². The van der Waals surface area contributed by atoms with Crippen molar-refractivity contribution in [3.05, 3.63) is 71.9 Å². The zero-order chi connectivity index (χ0) is 14.9. The van der Waals surface area contributed by atoms with E-state index >= 15 is 0 Å². The van der Waals surface area contributed by atoms with Crippen molar-refractivity contribution in [2.45, 2.75) is 18.9 Å². The highest BCUT2D eigenvalue weighted by Gasteiger charge is 2.24. The van der Waals surface area contributed by atoms with E-state index < -0.39 is 5.60 Å². The molecular formula is C18H17NO2. The van der Waals surface area contributed by atoms with Gasteiger partial charge in [-0.1, -0.05) is 30.3 Å². The quantitative estimate of drug-likeness (QED) is 0.772. The summed E-state index contributed by atoms with van der Waals surface area (Å²) in [7, 11) is 0. The van der Waals surface area contributed by atoms with Crippen molar-refractivity contribution >= 4 is 10.9 Å². The van der Waals surface area contributed by atoms with Crippen molar-refractivity contribution in [3.8, 4) is 5.75 Å². The molecule has 0 aliphatic carbocycles. The van der Waals surface area contributed by atoms with Crippen LogP contribution in [0.4, 0.5) is 0 Å². The summed E-state index contributed by atoms with van der Waals surface area (Å²) in [5.41, 5.74) is 1.76. The van der Waals surface area contributed by atoms with E-state index in [2.05, 4.69) is 4.98 Å². The molecule has 1 aromatic heterocycles. The van der Waals surface area contributed by atoms with Crippen molar-refractivity contribution < 1.29 is 10.2 Å². The van der Waals surface area contributed by atoms with E-state index in [1.54, 1.807) is 37.4 Å². The average Bonchev–Trinajstić information content (AvgIpc) is 2.48. The predicted octanol–water partition coefficient (Wildman–Crippen LogP) is 3.39. The van der Waals surface area contributed by atoms with Crippen LogP contribution in [0.1, 0.15) is 18.1 Å². The molecular weight excluding hydrogens is 262 g/mol. The number of phenolic OH excluding ortho intramolecular Hbond substituents is 1. The Morgan fingerprint density at radius 3 is 2.48 bits per heavy atom. The Morgan fingerprint density at radius 2 is 1.71 bits per heavy atom. The molecule has 0 saturated carbocycles. The molecule has 0 radical (unpaired) electrons. The van der Waals surface area contributed by atoms with E-state index in [-0.39, 0.29) is 5.75 Å². The highest BCUT2D eigenvalue weighted by Crippen LogP contribution is 2.29. The van der Waals surface area contributed by atoms with Gasteiger partial charge in [0.05, 0.1) is 11.1 Å². The second-order valence-corrected chi connectivity index (χ2v) is 5.48. The number of nitrogens with zero attached hydrogens (tertiary/aromatic N) is 1. The summed E-state index contributed by atoms with van der Waals surface area (Å²) in [4.78, 5) is 4.34. The van der Waals surface area contributed by atoms with Gasteiger partial charge in [-0.15, -0.1) is 0 Å². The topological polar surface area (TPSA) is 53.4 Å². The standard InChI is InChI=1S/C18H17NO2/c1-18(21,14-6-8-15(20)9-7-14)12-13-10-11-19-17-5-3-2-4-16(13)17/h2-11,20-21H,12H2,1H3. The van der Waals surface area contributed by atoms with Crippen LogP contribution >= 0.6 is 0 Å². The molecule has 2 aromatic carbocycles. The average molecular weight is 279 g/mol. The first-order chi connectivity index (χ1) is 10.1. The molecule has 0 bridgehead atoms. The third kappa shape index (κ3) is 2.73. The summed E-state index contributed by atoms with van der Waals surface area (Å²) in [5, 5.41) is 21.2. The summed E-state index contributed by atoms with van der Waals surface area (Å²) in [6.07, 6.45) is 2.26. The molecule has 2 N–H and O–H groups in total. The van der Waals surface area contributed by atoms with Gasteiger partial charge in [0.25, 0.3) is 0 Å². The monoisotopic (exact) mass is 279 g/mol. The van der Waals surface area contributed by atoms with Gasteiger partial charge in [-0.05, 0) is 42.3 Å². The first-order valence-corrected chi connectivity index (χ1v) is 6.91. The smallest absolute Gasteiger partial charge is 0.115 e. The number of fused-ring (bicyclic) bond motifs is 1. The highest BCUT2D eigenvalue weighted by atomic mass is 16.3. The minimum atomic E-state index is -1.00. The van der Waals surface area contributed by atoms with E-state index in [1.165, 1.54) is 0 Å². The molecule has 21 heavy (non-hydrogen) atoms. The van der Waals surface area contributed by atoms with E-state index in [0.717, 1.165) is 22.0 Å². The van der Waals surface area contributed by atoms with Crippen LogP contribution in [0.25, 0.3) is 10.9 Å². The van der Waals surface area contributed by atoms with Crippen LogP contribution in [-0.4, -0.2) is 15.2 Å². The molecule has 3 rings (SSSR count). The Balaban J connectivity index is 1.99. The summed E-state index contributed by atoms with van der Waals surface area (Å²) < 4.78 is 0. The van der Waals surface area contributed by atoms with Gasteiger partial charge >= 0.3 is 0 Å². The largest absolute Gasteiger partial charge is 0.508 e. The molecule has 3 nitrogen and oxygen atoms in total. The Labute approximate surface area is 123 Å². The van der Waals surface area contributed by atoms with Gasteiger partial charge in [-0.25, -0.2) is 0 Å². The lowest BCUT2D eigenvalue weighted by atomic mass is 9.88. The Kier molecular flexibility index (Phi) is 3.35. The molecule has 0 saturated heterocycles. The Hall–Kier alpha value is -2.39. The number of hydrogen-bond acceptors (Lipinski definition) is 3. The van der Waals surface area contributed by atoms with Crippen molar-refractivity contribution in [2.24, 2.45) is 0 Å². The minimum absolute atomic E-state index is 0.198. The summed E-state index contributed by atoms with van der Waals surface area (Å²) in [5.74, 6) is 0.198. The third-order valence-corrected chi connectivity index (χ3v) is 3.76. The molecule has 0 fully saturated rings. The van der Waals surface area contributed by atoms with Crippen molar-refractivity contribution in [3.63, 3.8) is 0 Å². The van der Waals surface area contributed by atoms with Gasteiger partial charge in [-0.2, -0.15) is 0 Å². The minimum Gasteiger partial charge on any atom is -0.508 e. The number of phenols is 1. The zero-order valence-corrected chi connectivity index (χ0v) is 11.8. The van der Waals surface area contributed by atoms with Crippen LogP contribution in [-0.2, 0) is 12.0 Å². The van der Waals surface area contributed by atoms with Crippen molar-refractivity contribution in [1.29, 1.82) is 0 Å². The van der Waals surface area contributed by atoms with Gasteiger partial charge < -0.3 is 10.2 Å². The molecule has 1 unspecified atom stereocenters. The summed E-state index contributed by atoms with van der Waals surface area (Å²) in [6.45, 7) is 1.79. The normalized spacial score (nSPS) is 14.0. The summed E-state index contributed by atoms with van der Waals surface area (Å²) in [6, 6.07) is 16.5. The van der Waals surface area contributed by atoms with Crippen LogP contribution in [0.5, 0.6) is 5.75 Å². The molecule has 1 heterocycles. The van der Waals surface area contributed by atoms with Gasteiger partial charge in [0, 0.05) is 18.0 Å². The number of rotatable bonds is 3. The zero-order valence-electron chi connectivity index (χ0n) is 11.8. The lowest BCUT2D eigenvalue weighted by Gasteiger charge is -2.24. The van der Waals surface area contributed by atoms with Crippen LogP contribution < -0.4 is 0 Å². The first kappa shape index (κ1) is 13.6. The van der Waals surface area contributed by atoms with Crippen LogP contribution in [0.2, 0.25) is 0 Å². The number of aromatic nitrogens is 1. The molecule has 0 aliphatic heterocycles. The van der Waals surface area contributed by atoms with Gasteiger partial charge in [-0.3, -0.25) is 4.98 Å². The number of pyridine rings is 1. The number of aromatic hydroxyl groups is 1. The lowest BCUT2D eigenvalue weighted by molar-refractivity contribution is 0.0579. The second-order valence-electron chi connectivity index (χ2n) is 5.48. The lowest BCUT2D eigenvalue weighted by Crippen LogP contribution is -2.24. The first-order valence-electron chi connectivity index (χ1n) is 6.91. The highest BCUT2D eigenvalue weighted by molar-refractivity contribution is 5.81. The van der Waals surface area contributed by atoms with Crippen LogP contribution in [0.15, 0.2) is 60.8 Å².